The quantitative estimate of drug-likeness (QED) is 0.797. The van der Waals surface area contributed by atoms with Crippen LogP contribution in [0.25, 0.3) is 0 Å². The smallest absolute Gasteiger partial charge is 0.308 e. The van der Waals surface area contributed by atoms with E-state index in [0.717, 1.165) is 0 Å². The molecule has 0 radical (unpaired) electrons. The lowest BCUT2D eigenvalue weighted by atomic mass is 9.98. The SMILES string of the molecule is C#Cc1ccc(C(=O)N2CCCC(C(=O)O)C2)o1. The lowest BCUT2D eigenvalue weighted by Gasteiger charge is -2.29. The zero-order valence-corrected chi connectivity index (χ0v) is 9.76. The maximum absolute atomic E-state index is 12.1. The molecule has 0 aliphatic carbocycles. The largest absolute Gasteiger partial charge is 0.481 e. The van der Waals surface area contributed by atoms with Gasteiger partial charge in [-0.2, -0.15) is 0 Å². The van der Waals surface area contributed by atoms with E-state index in [1.807, 2.05) is 0 Å². The van der Waals surface area contributed by atoms with E-state index in [1.165, 1.54) is 11.0 Å². The van der Waals surface area contributed by atoms with Crippen molar-refractivity contribution in [1.82, 2.24) is 4.90 Å². The van der Waals surface area contributed by atoms with Crippen LogP contribution in [0.15, 0.2) is 16.5 Å². The van der Waals surface area contributed by atoms with Gasteiger partial charge in [-0.3, -0.25) is 9.59 Å². The van der Waals surface area contributed by atoms with E-state index in [9.17, 15) is 9.59 Å². The summed E-state index contributed by atoms with van der Waals surface area (Å²) < 4.78 is 5.17. The Bertz CT molecular complexity index is 511. The number of aliphatic carboxylic acids is 1. The van der Waals surface area contributed by atoms with Gasteiger partial charge in [0.1, 0.15) is 0 Å². The fourth-order valence-electron chi connectivity index (χ4n) is 2.05. The van der Waals surface area contributed by atoms with Crippen LogP contribution in [0, 0.1) is 18.3 Å². The fraction of sp³-hybridized carbons (Fsp3) is 0.385. The van der Waals surface area contributed by atoms with Gasteiger partial charge in [0.15, 0.2) is 11.5 Å². The number of amides is 1. The van der Waals surface area contributed by atoms with Crippen LogP contribution in [-0.2, 0) is 4.79 Å². The van der Waals surface area contributed by atoms with E-state index < -0.39 is 11.9 Å². The summed E-state index contributed by atoms with van der Waals surface area (Å²) in [5.74, 6) is 1.09. The molecule has 2 heterocycles. The first-order valence-electron chi connectivity index (χ1n) is 5.70. The van der Waals surface area contributed by atoms with Crippen LogP contribution in [0.5, 0.6) is 0 Å². The molecule has 0 spiro atoms. The Labute approximate surface area is 104 Å². The Hall–Kier alpha value is -2.22. The van der Waals surface area contributed by atoms with Gasteiger partial charge < -0.3 is 14.4 Å². The number of likely N-dealkylation sites (tertiary alicyclic amines) is 1. The summed E-state index contributed by atoms with van der Waals surface area (Å²) >= 11 is 0. The van der Waals surface area contributed by atoms with Gasteiger partial charge in [-0.25, -0.2) is 0 Å². The molecule has 1 atom stereocenters. The van der Waals surface area contributed by atoms with Gasteiger partial charge in [-0.15, -0.1) is 6.42 Å². The number of hydrogen-bond acceptors (Lipinski definition) is 3. The molecule has 1 amide bonds. The summed E-state index contributed by atoms with van der Waals surface area (Å²) in [7, 11) is 0. The Morgan fingerprint density at radius 3 is 2.89 bits per heavy atom. The van der Waals surface area contributed by atoms with Gasteiger partial charge in [0.25, 0.3) is 5.91 Å². The summed E-state index contributed by atoms with van der Waals surface area (Å²) in [6, 6.07) is 3.06. The van der Waals surface area contributed by atoms with Crippen LogP contribution in [0.4, 0.5) is 0 Å². The standard InChI is InChI=1S/C13H13NO4/c1-2-10-5-6-11(18-10)12(15)14-7-3-4-9(8-14)13(16)17/h1,5-6,9H,3-4,7-8H2,(H,16,17). The molecule has 1 aromatic heterocycles. The number of rotatable bonds is 2. The zero-order chi connectivity index (χ0) is 13.1. The highest BCUT2D eigenvalue weighted by Crippen LogP contribution is 2.19. The number of carbonyl (C=O) groups excluding carboxylic acids is 1. The molecule has 1 fully saturated rings. The highest BCUT2D eigenvalue weighted by molar-refractivity contribution is 5.92. The van der Waals surface area contributed by atoms with E-state index in [4.69, 9.17) is 15.9 Å². The van der Waals surface area contributed by atoms with Crippen LogP contribution in [0.1, 0.15) is 29.2 Å². The van der Waals surface area contributed by atoms with Gasteiger partial charge >= 0.3 is 5.97 Å². The molecule has 1 saturated heterocycles. The molecule has 1 unspecified atom stereocenters. The van der Waals surface area contributed by atoms with Crippen molar-refractivity contribution in [3.63, 3.8) is 0 Å². The predicted molar refractivity (Wildman–Crippen MR) is 62.9 cm³/mol. The van der Waals surface area contributed by atoms with Crippen LogP contribution in [-0.4, -0.2) is 35.0 Å². The molecule has 2 rings (SSSR count). The van der Waals surface area contributed by atoms with E-state index in [-0.39, 0.29) is 18.2 Å². The third-order valence-corrected chi connectivity index (χ3v) is 3.02. The highest BCUT2D eigenvalue weighted by atomic mass is 16.4. The summed E-state index contributed by atoms with van der Waals surface area (Å²) in [5.41, 5.74) is 0. The minimum atomic E-state index is -0.865. The lowest BCUT2D eigenvalue weighted by Crippen LogP contribution is -2.42. The third-order valence-electron chi connectivity index (χ3n) is 3.02. The summed E-state index contributed by atoms with van der Waals surface area (Å²) in [6.45, 7) is 0.773. The monoisotopic (exact) mass is 247 g/mol. The Balaban J connectivity index is 2.09. The second kappa shape index (κ2) is 4.96. The molecule has 1 N–H and O–H groups in total. The van der Waals surface area contributed by atoms with Crippen LogP contribution in [0.2, 0.25) is 0 Å². The topological polar surface area (TPSA) is 70.8 Å². The third kappa shape index (κ3) is 2.38. The Morgan fingerprint density at radius 2 is 2.28 bits per heavy atom. The average molecular weight is 247 g/mol. The molecule has 94 valence electrons. The molecule has 0 saturated carbocycles. The van der Waals surface area contributed by atoms with Crippen molar-refractivity contribution in [2.45, 2.75) is 12.8 Å². The van der Waals surface area contributed by atoms with E-state index in [2.05, 4.69) is 5.92 Å². The first-order chi connectivity index (χ1) is 8.61. The fourth-order valence-corrected chi connectivity index (χ4v) is 2.05. The highest BCUT2D eigenvalue weighted by Gasteiger charge is 2.29. The zero-order valence-electron chi connectivity index (χ0n) is 9.76. The normalized spacial score (nSPS) is 19.3. The van der Waals surface area contributed by atoms with Crippen molar-refractivity contribution in [3.05, 3.63) is 23.7 Å². The van der Waals surface area contributed by atoms with Crippen molar-refractivity contribution >= 4 is 11.9 Å². The molecule has 18 heavy (non-hydrogen) atoms. The predicted octanol–water partition coefficient (Wildman–Crippen LogP) is 1.20. The van der Waals surface area contributed by atoms with Crippen LogP contribution in [0.3, 0.4) is 0 Å². The molecule has 5 nitrogen and oxygen atoms in total. The molecular weight excluding hydrogens is 234 g/mol. The molecule has 0 bridgehead atoms. The molecule has 1 aliphatic heterocycles. The number of carbonyl (C=O) groups is 2. The number of furan rings is 1. The second-order valence-corrected chi connectivity index (χ2v) is 4.24. The molecular formula is C13H13NO4. The van der Waals surface area contributed by atoms with E-state index in [1.54, 1.807) is 6.07 Å². The van der Waals surface area contributed by atoms with Gasteiger partial charge in [-0.05, 0) is 30.9 Å². The minimum Gasteiger partial charge on any atom is -0.481 e. The first-order valence-corrected chi connectivity index (χ1v) is 5.70. The minimum absolute atomic E-state index is 0.161. The van der Waals surface area contributed by atoms with E-state index in [0.29, 0.717) is 25.1 Å². The summed E-state index contributed by atoms with van der Waals surface area (Å²) in [6.07, 6.45) is 6.45. The number of nitrogens with zero attached hydrogens (tertiary/aromatic N) is 1. The molecule has 0 aromatic carbocycles. The summed E-state index contributed by atoms with van der Waals surface area (Å²) in [5, 5.41) is 8.96. The lowest BCUT2D eigenvalue weighted by molar-refractivity contribution is -0.143. The molecule has 1 aromatic rings. The van der Waals surface area contributed by atoms with E-state index >= 15 is 0 Å². The van der Waals surface area contributed by atoms with Gasteiger partial charge in [0.05, 0.1) is 5.92 Å². The van der Waals surface area contributed by atoms with Gasteiger partial charge in [-0.1, -0.05) is 0 Å². The van der Waals surface area contributed by atoms with Gasteiger partial charge in [0.2, 0.25) is 0 Å². The average Bonchev–Trinajstić information content (AvgIpc) is 2.86. The first kappa shape index (κ1) is 12.2. The second-order valence-electron chi connectivity index (χ2n) is 4.24. The van der Waals surface area contributed by atoms with Crippen molar-refractivity contribution in [2.24, 2.45) is 5.92 Å². The number of carboxylic acids is 1. The van der Waals surface area contributed by atoms with Crippen molar-refractivity contribution in [3.8, 4) is 12.3 Å². The summed E-state index contributed by atoms with van der Waals surface area (Å²) in [4.78, 5) is 24.5. The van der Waals surface area contributed by atoms with Crippen molar-refractivity contribution in [2.75, 3.05) is 13.1 Å². The Kier molecular flexibility index (Phi) is 3.38. The van der Waals surface area contributed by atoms with Crippen molar-refractivity contribution < 1.29 is 19.1 Å². The van der Waals surface area contributed by atoms with Gasteiger partial charge in [0, 0.05) is 13.1 Å². The number of piperidine rings is 1. The number of terminal acetylenes is 1. The molecule has 1 aliphatic rings. The number of hydrogen-bond donors (Lipinski definition) is 1. The maximum atomic E-state index is 12.1. The van der Waals surface area contributed by atoms with Crippen LogP contribution < -0.4 is 0 Å². The van der Waals surface area contributed by atoms with Crippen LogP contribution >= 0.6 is 0 Å². The maximum Gasteiger partial charge on any atom is 0.308 e. The van der Waals surface area contributed by atoms with Crippen molar-refractivity contribution in [1.29, 1.82) is 0 Å². The Morgan fingerprint density at radius 1 is 1.50 bits per heavy atom. The number of carboxylic acid groups (broad SMARTS) is 1. The molecule has 5 heteroatoms.